The van der Waals surface area contributed by atoms with E-state index in [1.54, 1.807) is 12.1 Å². The second-order valence-electron chi connectivity index (χ2n) is 7.93. The monoisotopic (exact) mass is 377 g/mol. The number of rotatable bonds is 7. The van der Waals surface area contributed by atoms with Crippen molar-refractivity contribution >= 4 is 11.6 Å². The van der Waals surface area contributed by atoms with Crippen LogP contribution in [0.4, 0.5) is 10.1 Å². The summed E-state index contributed by atoms with van der Waals surface area (Å²) in [6.45, 7) is 6.61. The van der Waals surface area contributed by atoms with Gasteiger partial charge in [0.05, 0.1) is 13.2 Å². The van der Waals surface area contributed by atoms with Gasteiger partial charge >= 0.3 is 0 Å². The number of nitrogens with one attached hydrogen (secondary N) is 2. The molecular weight excluding hydrogens is 345 g/mol. The Kier molecular flexibility index (Phi) is 7.21. The Labute approximate surface area is 161 Å². The van der Waals surface area contributed by atoms with Crippen molar-refractivity contribution in [3.63, 3.8) is 0 Å². The van der Waals surface area contributed by atoms with E-state index in [4.69, 9.17) is 4.74 Å². The number of carbonyl (C=O) groups excluding carboxylic acids is 1. The minimum atomic E-state index is -0.302. The minimum absolute atomic E-state index is 0.0503. The van der Waals surface area contributed by atoms with Crippen molar-refractivity contribution in [1.82, 2.24) is 10.2 Å². The lowest BCUT2D eigenvalue weighted by atomic mass is 9.79. The lowest BCUT2D eigenvalue weighted by Crippen LogP contribution is -2.60. The number of morpholine rings is 1. The van der Waals surface area contributed by atoms with Crippen LogP contribution < -0.4 is 10.6 Å². The third-order valence-electron chi connectivity index (χ3n) is 5.87. The molecule has 27 heavy (non-hydrogen) atoms. The second-order valence-corrected chi connectivity index (χ2v) is 7.93. The van der Waals surface area contributed by atoms with E-state index in [2.05, 4.69) is 22.5 Å². The van der Waals surface area contributed by atoms with Gasteiger partial charge in [0.25, 0.3) is 0 Å². The molecule has 0 aromatic heterocycles. The average Bonchev–Trinajstić information content (AvgIpc) is 2.69. The predicted molar refractivity (Wildman–Crippen MR) is 105 cm³/mol. The van der Waals surface area contributed by atoms with Crippen molar-refractivity contribution < 1.29 is 13.9 Å². The van der Waals surface area contributed by atoms with Gasteiger partial charge in [0.2, 0.25) is 5.91 Å². The summed E-state index contributed by atoms with van der Waals surface area (Å²) in [5, 5.41) is 6.45. The molecule has 0 radical (unpaired) electrons. The Balaban J connectivity index is 1.50. The third kappa shape index (κ3) is 5.74. The summed E-state index contributed by atoms with van der Waals surface area (Å²) >= 11 is 0. The van der Waals surface area contributed by atoms with Crippen LogP contribution in [0.1, 0.15) is 45.4 Å². The molecule has 1 saturated carbocycles. The van der Waals surface area contributed by atoms with Crippen LogP contribution in [0.15, 0.2) is 24.3 Å². The Bertz CT molecular complexity index is 596. The maximum atomic E-state index is 13.0. The standard InChI is InChI=1S/C21H32FN3O2/c1-17(15-20(26)24-19-7-5-18(22)6-8-19)23-16-21(9-3-2-4-10-21)25-11-13-27-14-12-25/h5-8,17,23H,2-4,9-16H2,1H3,(H,24,26). The molecule has 0 bridgehead atoms. The van der Waals surface area contributed by atoms with Crippen molar-refractivity contribution in [1.29, 1.82) is 0 Å². The largest absolute Gasteiger partial charge is 0.379 e. The van der Waals surface area contributed by atoms with E-state index >= 15 is 0 Å². The normalized spacial score (nSPS) is 21.6. The van der Waals surface area contributed by atoms with Gasteiger partial charge in [-0.05, 0) is 44.0 Å². The number of ether oxygens (including phenoxy) is 1. The first-order valence-electron chi connectivity index (χ1n) is 10.2. The molecule has 5 nitrogen and oxygen atoms in total. The van der Waals surface area contributed by atoms with Crippen LogP contribution in [0, 0.1) is 5.82 Å². The van der Waals surface area contributed by atoms with Gasteiger partial charge in [0, 0.05) is 43.3 Å². The summed E-state index contributed by atoms with van der Waals surface area (Å²) in [6, 6.07) is 5.96. The zero-order chi connectivity index (χ0) is 19.1. The van der Waals surface area contributed by atoms with Gasteiger partial charge in [0.15, 0.2) is 0 Å². The number of hydrogen-bond donors (Lipinski definition) is 2. The highest BCUT2D eigenvalue weighted by molar-refractivity contribution is 5.91. The number of halogens is 1. The Morgan fingerprint density at radius 1 is 1.19 bits per heavy atom. The van der Waals surface area contributed by atoms with E-state index in [1.807, 2.05) is 0 Å². The first-order chi connectivity index (χ1) is 13.1. The van der Waals surface area contributed by atoms with Gasteiger partial charge in [-0.2, -0.15) is 0 Å². The van der Waals surface area contributed by atoms with Gasteiger partial charge in [0.1, 0.15) is 5.82 Å². The molecule has 2 fully saturated rings. The molecule has 1 heterocycles. The van der Waals surface area contributed by atoms with E-state index < -0.39 is 0 Å². The quantitative estimate of drug-likeness (QED) is 0.766. The van der Waals surface area contributed by atoms with E-state index in [-0.39, 0.29) is 23.3 Å². The molecule has 1 aromatic rings. The Morgan fingerprint density at radius 2 is 1.85 bits per heavy atom. The highest BCUT2D eigenvalue weighted by Crippen LogP contribution is 2.34. The molecule has 1 atom stereocenters. The van der Waals surface area contributed by atoms with Crippen LogP contribution in [-0.2, 0) is 9.53 Å². The van der Waals surface area contributed by atoms with Gasteiger partial charge < -0.3 is 15.4 Å². The van der Waals surface area contributed by atoms with Crippen molar-refractivity contribution in [3.8, 4) is 0 Å². The summed E-state index contributed by atoms with van der Waals surface area (Å²) in [6.07, 6.45) is 6.71. The van der Waals surface area contributed by atoms with Crippen molar-refractivity contribution in [2.24, 2.45) is 0 Å². The number of carbonyl (C=O) groups is 1. The Hall–Kier alpha value is -1.50. The molecular formula is C21H32FN3O2. The number of hydrogen-bond acceptors (Lipinski definition) is 4. The number of benzene rings is 1. The molecule has 0 spiro atoms. The van der Waals surface area contributed by atoms with E-state index in [1.165, 1.54) is 44.2 Å². The zero-order valence-corrected chi connectivity index (χ0v) is 16.3. The first kappa shape index (κ1) is 20.2. The van der Waals surface area contributed by atoms with Gasteiger partial charge in [-0.25, -0.2) is 4.39 Å². The summed E-state index contributed by atoms with van der Waals surface area (Å²) in [5.41, 5.74) is 0.828. The van der Waals surface area contributed by atoms with Crippen molar-refractivity contribution in [3.05, 3.63) is 30.1 Å². The van der Waals surface area contributed by atoms with Crippen LogP contribution in [0.5, 0.6) is 0 Å². The molecule has 1 saturated heterocycles. The fourth-order valence-corrected chi connectivity index (χ4v) is 4.31. The van der Waals surface area contributed by atoms with Crippen molar-refractivity contribution in [2.75, 3.05) is 38.2 Å². The summed E-state index contributed by atoms with van der Waals surface area (Å²) in [5.74, 6) is -0.352. The molecule has 3 rings (SSSR count). The predicted octanol–water partition coefficient (Wildman–Crippen LogP) is 3.17. The molecule has 1 aromatic carbocycles. The van der Waals surface area contributed by atoms with Gasteiger partial charge in [-0.1, -0.05) is 19.3 Å². The molecule has 2 N–H and O–H groups in total. The summed E-state index contributed by atoms with van der Waals surface area (Å²) in [4.78, 5) is 14.9. The molecule has 1 amide bonds. The summed E-state index contributed by atoms with van der Waals surface area (Å²) < 4.78 is 18.5. The highest BCUT2D eigenvalue weighted by atomic mass is 19.1. The SMILES string of the molecule is CC(CC(=O)Nc1ccc(F)cc1)NCC1(N2CCOCC2)CCCCC1. The number of amides is 1. The smallest absolute Gasteiger partial charge is 0.225 e. The first-order valence-corrected chi connectivity index (χ1v) is 10.2. The Morgan fingerprint density at radius 3 is 2.52 bits per heavy atom. The number of nitrogens with zero attached hydrogens (tertiary/aromatic N) is 1. The van der Waals surface area contributed by atoms with Crippen LogP contribution in [0.3, 0.4) is 0 Å². The minimum Gasteiger partial charge on any atom is -0.379 e. The fourth-order valence-electron chi connectivity index (χ4n) is 4.31. The van der Waals surface area contributed by atoms with Gasteiger partial charge in [-0.3, -0.25) is 9.69 Å². The van der Waals surface area contributed by atoms with Crippen molar-refractivity contribution in [2.45, 2.75) is 57.0 Å². The van der Waals surface area contributed by atoms with E-state index in [0.29, 0.717) is 12.1 Å². The third-order valence-corrected chi connectivity index (χ3v) is 5.87. The van der Waals surface area contributed by atoms with Crippen LogP contribution in [-0.4, -0.2) is 55.2 Å². The maximum Gasteiger partial charge on any atom is 0.225 e. The second kappa shape index (κ2) is 9.62. The molecule has 150 valence electrons. The highest BCUT2D eigenvalue weighted by Gasteiger charge is 2.38. The van der Waals surface area contributed by atoms with Crippen LogP contribution >= 0.6 is 0 Å². The molecule has 1 aliphatic carbocycles. The molecule has 2 aliphatic rings. The maximum absolute atomic E-state index is 13.0. The van der Waals surface area contributed by atoms with E-state index in [0.717, 1.165) is 32.8 Å². The van der Waals surface area contributed by atoms with E-state index in [9.17, 15) is 9.18 Å². The lowest BCUT2D eigenvalue weighted by Gasteiger charge is -2.48. The lowest BCUT2D eigenvalue weighted by molar-refractivity contribution is -0.116. The topological polar surface area (TPSA) is 53.6 Å². The zero-order valence-electron chi connectivity index (χ0n) is 16.3. The average molecular weight is 378 g/mol. The van der Waals surface area contributed by atoms with Crippen LogP contribution in [0.25, 0.3) is 0 Å². The molecule has 1 unspecified atom stereocenters. The molecule has 1 aliphatic heterocycles. The number of anilines is 1. The molecule has 6 heteroatoms. The van der Waals surface area contributed by atoms with Gasteiger partial charge in [-0.15, -0.1) is 0 Å². The summed E-state index contributed by atoms with van der Waals surface area (Å²) in [7, 11) is 0. The van der Waals surface area contributed by atoms with Crippen LogP contribution in [0.2, 0.25) is 0 Å². The fraction of sp³-hybridized carbons (Fsp3) is 0.667.